The maximum atomic E-state index is 5.37. The van der Waals surface area contributed by atoms with E-state index in [0.717, 1.165) is 15.3 Å². The van der Waals surface area contributed by atoms with E-state index in [4.69, 9.17) is 12.2 Å². The van der Waals surface area contributed by atoms with Gasteiger partial charge >= 0.3 is 0 Å². The fourth-order valence-electron chi connectivity index (χ4n) is 2.44. The molecule has 1 aliphatic heterocycles. The molecule has 5 heteroatoms. The topological polar surface area (TPSA) is 28.5 Å². The van der Waals surface area contributed by atoms with E-state index in [1.807, 2.05) is 24.3 Å². The summed E-state index contributed by atoms with van der Waals surface area (Å²) in [6.45, 7) is 5.97. The first-order chi connectivity index (χ1) is 9.17. The van der Waals surface area contributed by atoms with E-state index < -0.39 is 0 Å². The summed E-state index contributed by atoms with van der Waals surface area (Å²) in [5.41, 5.74) is 1.02. The number of benzene rings is 1. The van der Waals surface area contributed by atoms with Crippen molar-refractivity contribution in [2.45, 2.75) is 25.8 Å². The van der Waals surface area contributed by atoms with Crippen LogP contribution in [-0.4, -0.2) is 30.8 Å². The largest absolute Gasteiger partial charge is 0.359 e. The van der Waals surface area contributed by atoms with Gasteiger partial charge in [-0.15, -0.1) is 0 Å². The maximum Gasteiger partial charge on any atom is 0.171 e. The Morgan fingerprint density at radius 3 is 2.79 bits per heavy atom. The second kappa shape index (κ2) is 7.22. The van der Waals surface area contributed by atoms with Crippen molar-refractivity contribution in [3.8, 4) is 0 Å². The number of rotatable bonds is 3. The first kappa shape index (κ1) is 14.8. The summed E-state index contributed by atoms with van der Waals surface area (Å²) in [5, 5.41) is 7.39. The van der Waals surface area contributed by atoms with Gasteiger partial charge in [0.15, 0.2) is 5.11 Å². The van der Waals surface area contributed by atoms with Gasteiger partial charge in [0.1, 0.15) is 0 Å². The zero-order valence-electron chi connectivity index (χ0n) is 11.2. The molecule has 3 N–H and O–H groups in total. The Morgan fingerprint density at radius 2 is 2.16 bits per heavy atom. The molecule has 0 bridgehead atoms. The summed E-state index contributed by atoms with van der Waals surface area (Å²) in [6, 6.07) is 8.56. The fourth-order valence-corrected chi connectivity index (χ4v) is 3.13. The second-order valence-electron chi connectivity index (χ2n) is 4.99. The Morgan fingerprint density at radius 1 is 1.42 bits per heavy atom. The molecule has 2 rings (SSSR count). The van der Waals surface area contributed by atoms with Crippen LogP contribution in [0.3, 0.4) is 0 Å². The summed E-state index contributed by atoms with van der Waals surface area (Å²) in [6.07, 6.45) is 2.40. The maximum absolute atomic E-state index is 5.37. The van der Waals surface area contributed by atoms with Crippen molar-refractivity contribution in [3.05, 3.63) is 28.7 Å². The second-order valence-corrected chi connectivity index (χ2v) is 6.31. The lowest BCUT2D eigenvalue weighted by Crippen LogP contribution is -3.13. The monoisotopic (exact) mass is 342 g/mol. The van der Waals surface area contributed by atoms with Gasteiger partial charge in [-0.1, -0.05) is 22.0 Å². The molecule has 1 heterocycles. The van der Waals surface area contributed by atoms with E-state index >= 15 is 0 Å². The molecule has 0 aromatic heterocycles. The van der Waals surface area contributed by atoms with Gasteiger partial charge in [-0.05, 0) is 37.3 Å². The van der Waals surface area contributed by atoms with Crippen molar-refractivity contribution in [2.24, 2.45) is 0 Å². The van der Waals surface area contributed by atoms with Gasteiger partial charge in [-0.3, -0.25) is 0 Å². The SMILES string of the molecule is CC[NH+]1CCC(NC(=S)Nc2cccc(Br)c2)CC1. The Bertz CT molecular complexity index is 430. The van der Waals surface area contributed by atoms with E-state index in [0.29, 0.717) is 6.04 Å². The van der Waals surface area contributed by atoms with Crippen molar-refractivity contribution in [1.29, 1.82) is 0 Å². The lowest BCUT2D eigenvalue weighted by atomic mass is 10.1. The normalized spacial score (nSPS) is 22.8. The van der Waals surface area contributed by atoms with E-state index in [1.165, 1.54) is 32.5 Å². The zero-order chi connectivity index (χ0) is 13.7. The predicted molar refractivity (Wildman–Crippen MR) is 87.8 cm³/mol. The summed E-state index contributed by atoms with van der Waals surface area (Å²) < 4.78 is 1.06. The summed E-state index contributed by atoms with van der Waals surface area (Å²) in [4.78, 5) is 1.70. The van der Waals surface area contributed by atoms with E-state index in [2.05, 4.69) is 33.5 Å². The molecule has 104 valence electrons. The van der Waals surface area contributed by atoms with Crippen molar-refractivity contribution in [1.82, 2.24) is 5.32 Å². The van der Waals surface area contributed by atoms with Crippen LogP contribution in [0.5, 0.6) is 0 Å². The first-order valence-corrected chi connectivity index (χ1v) is 8.04. The number of thiocarbonyl (C=S) groups is 1. The van der Waals surface area contributed by atoms with Gasteiger partial charge in [0.25, 0.3) is 0 Å². The van der Waals surface area contributed by atoms with Crippen LogP contribution >= 0.6 is 28.1 Å². The third-order valence-electron chi connectivity index (χ3n) is 3.61. The van der Waals surface area contributed by atoms with E-state index in [-0.39, 0.29) is 0 Å². The molecule has 1 saturated heterocycles. The smallest absolute Gasteiger partial charge is 0.171 e. The van der Waals surface area contributed by atoms with Crippen molar-refractivity contribution in [2.75, 3.05) is 25.0 Å². The van der Waals surface area contributed by atoms with Gasteiger partial charge in [0.05, 0.1) is 19.6 Å². The van der Waals surface area contributed by atoms with Crippen LogP contribution in [-0.2, 0) is 0 Å². The number of halogens is 1. The van der Waals surface area contributed by atoms with Crippen molar-refractivity contribution < 1.29 is 4.90 Å². The van der Waals surface area contributed by atoms with Crippen LogP contribution in [0, 0.1) is 0 Å². The molecule has 0 spiro atoms. The molecule has 0 unspecified atom stereocenters. The molecule has 19 heavy (non-hydrogen) atoms. The predicted octanol–water partition coefficient (Wildman–Crippen LogP) is 1.80. The minimum absolute atomic E-state index is 0.516. The third-order valence-corrected chi connectivity index (χ3v) is 4.32. The van der Waals surface area contributed by atoms with Crippen molar-refractivity contribution in [3.63, 3.8) is 0 Å². The number of hydrogen-bond acceptors (Lipinski definition) is 1. The van der Waals surface area contributed by atoms with Crippen LogP contribution in [0.4, 0.5) is 5.69 Å². The van der Waals surface area contributed by atoms with Crippen molar-refractivity contribution >= 4 is 38.9 Å². The molecule has 1 fully saturated rings. The minimum atomic E-state index is 0.516. The number of anilines is 1. The molecule has 1 aromatic rings. The molecule has 3 nitrogen and oxygen atoms in total. The Labute approximate surface area is 128 Å². The number of likely N-dealkylation sites (tertiary alicyclic amines) is 1. The van der Waals surface area contributed by atoms with Crippen LogP contribution in [0.15, 0.2) is 28.7 Å². The highest BCUT2D eigenvalue weighted by Crippen LogP contribution is 2.15. The zero-order valence-corrected chi connectivity index (χ0v) is 13.6. The van der Waals surface area contributed by atoms with Gasteiger partial charge in [0, 0.05) is 29.0 Å². The number of nitrogens with one attached hydrogen (secondary N) is 3. The molecule has 1 aromatic carbocycles. The van der Waals surface area contributed by atoms with Gasteiger partial charge in [0.2, 0.25) is 0 Å². The van der Waals surface area contributed by atoms with Gasteiger partial charge in [-0.2, -0.15) is 0 Å². The molecule has 0 saturated carbocycles. The highest BCUT2D eigenvalue weighted by molar-refractivity contribution is 9.10. The average Bonchev–Trinajstić information content (AvgIpc) is 2.39. The lowest BCUT2D eigenvalue weighted by Gasteiger charge is -2.29. The molecule has 0 amide bonds. The average molecular weight is 343 g/mol. The summed E-state index contributed by atoms with van der Waals surface area (Å²) in [5.74, 6) is 0. The van der Waals surface area contributed by atoms with Crippen LogP contribution in [0.2, 0.25) is 0 Å². The molecule has 0 atom stereocenters. The first-order valence-electron chi connectivity index (χ1n) is 6.84. The lowest BCUT2D eigenvalue weighted by molar-refractivity contribution is -0.903. The summed E-state index contributed by atoms with van der Waals surface area (Å²) in [7, 11) is 0. The molecular formula is C14H21BrN3S+. The van der Waals surface area contributed by atoms with Crippen LogP contribution < -0.4 is 15.5 Å². The number of piperidine rings is 1. The highest BCUT2D eigenvalue weighted by Gasteiger charge is 2.21. The molecule has 0 aliphatic carbocycles. The van der Waals surface area contributed by atoms with Gasteiger partial charge in [-0.25, -0.2) is 0 Å². The highest BCUT2D eigenvalue weighted by atomic mass is 79.9. The molecule has 1 aliphatic rings. The quantitative estimate of drug-likeness (QED) is 0.731. The van der Waals surface area contributed by atoms with Crippen LogP contribution in [0.25, 0.3) is 0 Å². The Kier molecular flexibility index (Phi) is 5.60. The van der Waals surface area contributed by atoms with Gasteiger partial charge < -0.3 is 15.5 Å². The molecule has 0 radical (unpaired) electrons. The number of quaternary nitrogens is 1. The molecular weight excluding hydrogens is 322 g/mol. The minimum Gasteiger partial charge on any atom is -0.359 e. The summed E-state index contributed by atoms with van der Waals surface area (Å²) >= 11 is 8.83. The number of hydrogen-bond donors (Lipinski definition) is 3. The third kappa shape index (κ3) is 4.75. The standard InChI is InChI=1S/C14H20BrN3S/c1-2-18-8-6-12(7-9-18)16-14(19)17-13-5-3-4-11(15)10-13/h3-5,10,12H,2,6-9H2,1H3,(H2,16,17,19)/p+1. The van der Waals surface area contributed by atoms with Crippen LogP contribution in [0.1, 0.15) is 19.8 Å². The van der Waals surface area contributed by atoms with E-state index in [9.17, 15) is 0 Å². The van der Waals surface area contributed by atoms with E-state index in [1.54, 1.807) is 4.90 Å². The Hall–Kier alpha value is -0.650. The Balaban J connectivity index is 1.79. The fraction of sp³-hybridized carbons (Fsp3) is 0.500.